The highest BCUT2D eigenvalue weighted by Gasteiger charge is 2.47. The first kappa shape index (κ1) is 10.1. The lowest BCUT2D eigenvalue weighted by Gasteiger charge is -2.31. The summed E-state index contributed by atoms with van der Waals surface area (Å²) in [6.45, 7) is 1.86. The molecule has 4 nitrogen and oxygen atoms in total. The van der Waals surface area contributed by atoms with Crippen molar-refractivity contribution >= 4 is 11.7 Å². The topological polar surface area (TPSA) is 46.6 Å². The van der Waals surface area contributed by atoms with Gasteiger partial charge in [0, 0.05) is 5.92 Å². The van der Waals surface area contributed by atoms with Gasteiger partial charge in [0.25, 0.3) is 0 Å². The van der Waals surface area contributed by atoms with E-state index in [0.717, 1.165) is 0 Å². The lowest BCUT2D eigenvalue weighted by molar-refractivity contribution is -0.183. The molecule has 2 aliphatic rings. The van der Waals surface area contributed by atoms with Crippen LogP contribution >= 0.6 is 0 Å². The van der Waals surface area contributed by atoms with Crippen molar-refractivity contribution in [3.63, 3.8) is 0 Å². The van der Waals surface area contributed by atoms with Crippen LogP contribution in [0.1, 0.15) is 13.3 Å². The molecule has 0 aromatic heterocycles. The Morgan fingerprint density at radius 3 is 2.53 bits per heavy atom. The Labute approximate surface area is 88.1 Å². The van der Waals surface area contributed by atoms with Crippen molar-refractivity contribution in [2.75, 3.05) is 7.11 Å². The largest absolute Gasteiger partial charge is 0.290 e. The van der Waals surface area contributed by atoms with E-state index in [1.807, 2.05) is 6.92 Å². The van der Waals surface area contributed by atoms with E-state index in [9.17, 15) is 9.59 Å². The molecule has 0 aromatic rings. The number of nitrogens with zero attached hydrogens (tertiary/aromatic N) is 1. The molecule has 1 heterocycles. The summed E-state index contributed by atoms with van der Waals surface area (Å²) in [5.41, 5.74) is -0.556. The number of hydroxylamine groups is 2. The lowest BCUT2D eigenvalue weighted by Crippen LogP contribution is -2.43. The maximum absolute atomic E-state index is 11.7. The van der Waals surface area contributed by atoms with Crippen molar-refractivity contribution in [3.8, 4) is 0 Å². The number of carbonyl (C=O) groups is 2. The van der Waals surface area contributed by atoms with Crippen LogP contribution in [0, 0.1) is 5.92 Å². The first-order valence-corrected chi connectivity index (χ1v) is 4.90. The van der Waals surface area contributed by atoms with Crippen LogP contribution in [0.25, 0.3) is 0 Å². The number of allylic oxidation sites excluding steroid dienone is 2. The second-order valence-electron chi connectivity index (χ2n) is 3.98. The zero-order chi connectivity index (χ0) is 11.1. The predicted molar refractivity (Wildman–Crippen MR) is 53.7 cm³/mol. The summed E-state index contributed by atoms with van der Waals surface area (Å²) in [4.78, 5) is 27.9. The van der Waals surface area contributed by atoms with Gasteiger partial charge in [0.2, 0.25) is 5.91 Å². The standard InChI is InChI=1S/C11H13NO3/c1-8-7-11(12(15-2)10(8)14)5-3-9(13)4-6-11/h3-6,8H,7H2,1-2H3/t8-/m1/s1. The van der Waals surface area contributed by atoms with Crippen LogP contribution in [0.15, 0.2) is 24.3 Å². The molecule has 1 amide bonds. The van der Waals surface area contributed by atoms with Gasteiger partial charge >= 0.3 is 0 Å². The second kappa shape index (κ2) is 3.31. The van der Waals surface area contributed by atoms with Gasteiger partial charge in [-0.05, 0) is 30.7 Å². The molecule has 0 saturated carbocycles. The van der Waals surface area contributed by atoms with E-state index >= 15 is 0 Å². The number of amides is 1. The Morgan fingerprint density at radius 1 is 1.40 bits per heavy atom. The summed E-state index contributed by atoms with van der Waals surface area (Å²) in [5, 5.41) is 1.34. The van der Waals surface area contributed by atoms with Gasteiger partial charge in [-0.1, -0.05) is 6.92 Å². The molecule has 1 aliphatic heterocycles. The minimum absolute atomic E-state index is 0.0406. The molecule has 2 rings (SSSR count). The fourth-order valence-electron chi connectivity index (χ4n) is 2.16. The quantitative estimate of drug-likeness (QED) is 0.640. The van der Waals surface area contributed by atoms with E-state index < -0.39 is 5.54 Å². The van der Waals surface area contributed by atoms with Crippen LogP contribution in [0.2, 0.25) is 0 Å². The van der Waals surface area contributed by atoms with Crippen molar-refractivity contribution in [1.29, 1.82) is 0 Å². The monoisotopic (exact) mass is 207 g/mol. The van der Waals surface area contributed by atoms with Gasteiger partial charge in [-0.2, -0.15) is 0 Å². The molecule has 1 aliphatic carbocycles. The highest BCUT2D eigenvalue weighted by molar-refractivity contribution is 6.01. The first-order valence-electron chi connectivity index (χ1n) is 4.90. The number of hydrogen-bond donors (Lipinski definition) is 0. The summed E-state index contributed by atoms with van der Waals surface area (Å²) in [6, 6.07) is 0. The van der Waals surface area contributed by atoms with E-state index in [1.54, 1.807) is 12.2 Å². The molecule has 1 atom stereocenters. The Morgan fingerprint density at radius 2 is 2.00 bits per heavy atom. The number of rotatable bonds is 1. The molecule has 15 heavy (non-hydrogen) atoms. The van der Waals surface area contributed by atoms with Gasteiger partial charge in [-0.15, -0.1) is 0 Å². The van der Waals surface area contributed by atoms with Crippen LogP contribution in [0.4, 0.5) is 0 Å². The van der Waals surface area contributed by atoms with E-state index in [2.05, 4.69) is 0 Å². The smallest absolute Gasteiger partial charge is 0.250 e. The van der Waals surface area contributed by atoms with Crippen LogP contribution in [-0.4, -0.2) is 29.4 Å². The molecule has 1 fully saturated rings. The third kappa shape index (κ3) is 1.41. The fraction of sp³-hybridized carbons (Fsp3) is 0.455. The van der Waals surface area contributed by atoms with Gasteiger partial charge in [0.05, 0.1) is 7.11 Å². The zero-order valence-corrected chi connectivity index (χ0v) is 8.77. The van der Waals surface area contributed by atoms with Crippen LogP contribution in [0.5, 0.6) is 0 Å². The van der Waals surface area contributed by atoms with Crippen molar-refractivity contribution < 1.29 is 14.4 Å². The summed E-state index contributed by atoms with van der Waals surface area (Å²) in [5.74, 6) is -0.169. The molecule has 80 valence electrons. The number of hydrogen-bond acceptors (Lipinski definition) is 3. The summed E-state index contributed by atoms with van der Waals surface area (Å²) >= 11 is 0. The molecule has 0 aromatic carbocycles. The minimum atomic E-state index is -0.556. The Hall–Kier alpha value is -1.42. The van der Waals surface area contributed by atoms with Crippen molar-refractivity contribution in [2.24, 2.45) is 5.92 Å². The molecule has 0 radical (unpaired) electrons. The van der Waals surface area contributed by atoms with E-state index in [1.165, 1.54) is 24.3 Å². The second-order valence-corrected chi connectivity index (χ2v) is 3.98. The van der Waals surface area contributed by atoms with Gasteiger partial charge in [-0.3, -0.25) is 14.4 Å². The third-order valence-corrected chi connectivity index (χ3v) is 2.89. The maximum Gasteiger partial charge on any atom is 0.250 e. The van der Waals surface area contributed by atoms with Crippen LogP contribution in [-0.2, 0) is 14.4 Å². The minimum Gasteiger partial charge on any atom is -0.290 e. The molecule has 1 saturated heterocycles. The van der Waals surface area contributed by atoms with Crippen LogP contribution < -0.4 is 0 Å². The first-order chi connectivity index (χ1) is 7.09. The average molecular weight is 207 g/mol. The summed E-state index contributed by atoms with van der Waals surface area (Å²) < 4.78 is 0. The van der Waals surface area contributed by atoms with Gasteiger partial charge in [0.1, 0.15) is 5.54 Å². The maximum atomic E-state index is 11.7. The molecule has 0 N–H and O–H groups in total. The van der Waals surface area contributed by atoms with Crippen molar-refractivity contribution in [1.82, 2.24) is 5.06 Å². The molecular formula is C11H13NO3. The van der Waals surface area contributed by atoms with Gasteiger partial charge < -0.3 is 0 Å². The van der Waals surface area contributed by atoms with Gasteiger partial charge in [-0.25, -0.2) is 5.06 Å². The Kier molecular flexibility index (Phi) is 2.23. The lowest BCUT2D eigenvalue weighted by atomic mass is 9.89. The third-order valence-electron chi connectivity index (χ3n) is 2.89. The van der Waals surface area contributed by atoms with Crippen molar-refractivity contribution in [2.45, 2.75) is 18.9 Å². The van der Waals surface area contributed by atoms with E-state index in [4.69, 9.17) is 4.84 Å². The molecule has 1 spiro atoms. The average Bonchev–Trinajstić information content (AvgIpc) is 2.45. The molecular weight excluding hydrogens is 194 g/mol. The highest BCUT2D eigenvalue weighted by atomic mass is 16.7. The summed E-state index contributed by atoms with van der Waals surface area (Å²) in [7, 11) is 1.47. The zero-order valence-electron chi connectivity index (χ0n) is 8.77. The fourth-order valence-corrected chi connectivity index (χ4v) is 2.16. The molecule has 0 unspecified atom stereocenters. The molecule has 4 heteroatoms. The highest BCUT2D eigenvalue weighted by Crippen LogP contribution is 2.37. The molecule has 0 bridgehead atoms. The van der Waals surface area contributed by atoms with Gasteiger partial charge in [0.15, 0.2) is 5.78 Å². The Balaban J connectivity index is 2.37. The number of ketones is 1. The Bertz CT molecular complexity index is 354. The van der Waals surface area contributed by atoms with E-state index in [0.29, 0.717) is 6.42 Å². The SMILES string of the molecule is CON1C(=O)[C@H](C)CC12C=CC(=O)C=C2. The van der Waals surface area contributed by atoms with Crippen LogP contribution in [0.3, 0.4) is 0 Å². The summed E-state index contributed by atoms with van der Waals surface area (Å²) in [6.07, 6.45) is 7.09. The number of carbonyl (C=O) groups excluding carboxylic acids is 2. The normalized spacial score (nSPS) is 28.1. The van der Waals surface area contributed by atoms with Crippen molar-refractivity contribution in [3.05, 3.63) is 24.3 Å². The predicted octanol–water partition coefficient (Wildman–Crippen LogP) is 0.850. The van der Waals surface area contributed by atoms with E-state index in [-0.39, 0.29) is 17.6 Å².